The molecule has 0 aromatic heterocycles. The van der Waals surface area contributed by atoms with E-state index in [0.717, 1.165) is 13.0 Å². The summed E-state index contributed by atoms with van der Waals surface area (Å²) in [6.07, 6.45) is -0.607. The van der Waals surface area contributed by atoms with Crippen molar-refractivity contribution in [2.45, 2.75) is 38.8 Å². The molecule has 1 fully saturated rings. The molecule has 1 rings (SSSR count). The van der Waals surface area contributed by atoms with E-state index in [-0.39, 0.29) is 6.04 Å². The summed E-state index contributed by atoms with van der Waals surface area (Å²) in [7, 11) is 0. The van der Waals surface area contributed by atoms with Crippen LogP contribution in [0.5, 0.6) is 0 Å². The third kappa shape index (κ3) is 6.85. The fourth-order valence-electron chi connectivity index (χ4n) is 1.96. The molecule has 19 heavy (non-hydrogen) atoms. The Morgan fingerprint density at radius 1 is 1.42 bits per heavy atom. The van der Waals surface area contributed by atoms with Crippen LogP contribution >= 0.6 is 0 Å². The number of amides is 2. The molecule has 0 saturated carbocycles. The normalized spacial score (nSPS) is 20.1. The van der Waals surface area contributed by atoms with E-state index in [9.17, 15) is 9.59 Å². The van der Waals surface area contributed by atoms with E-state index < -0.39 is 17.8 Å². The van der Waals surface area contributed by atoms with Crippen molar-refractivity contribution < 1.29 is 19.4 Å². The molecule has 1 atom stereocenters. The Bertz CT molecular complexity index is 327. The van der Waals surface area contributed by atoms with Crippen LogP contribution in [0, 0.1) is 0 Å². The second-order valence-corrected chi connectivity index (χ2v) is 5.66. The Hall–Kier alpha value is -1.50. The first-order valence-electron chi connectivity index (χ1n) is 6.45. The smallest absolute Gasteiger partial charge is 0.407 e. The number of carboxylic acid groups (broad SMARTS) is 1. The average molecular weight is 273 g/mol. The highest BCUT2D eigenvalue weighted by molar-refractivity contribution is 5.67. The Labute approximate surface area is 113 Å². The van der Waals surface area contributed by atoms with Gasteiger partial charge < -0.3 is 20.5 Å². The summed E-state index contributed by atoms with van der Waals surface area (Å²) < 4.78 is 5.12. The standard InChI is InChI=1S/C12H23N3O4/c1-12(2,3)19-11(18)13-5-7-15-6-4-9(8-15)14-10(16)17/h9,14H,4-8H2,1-3H3,(H,13,18)(H,16,17). The van der Waals surface area contributed by atoms with Crippen molar-refractivity contribution in [3.05, 3.63) is 0 Å². The summed E-state index contributed by atoms with van der Waals surface area (Å²) in [6, 6.07) is -0.0148. The molecule has 0 spiro atoms. The van der Waals surface area contributed by atoms with Gasteiger partial charge in [-0.15, -0.1) is 0 Å². The summed E-state index contributed by atoms with van der Waals surface area (Å²) in [6.45, 7) is 8.15. The number of ether oxygens (including phenoxy) is 1. The molecule has 0 aliphatic carbocycles. The molecular weight excluding hydrogens is 250 g/mol. The number of hydrogen-bond donors (Lipinski definition) is 3. The van der Waals surface area contributed by atoms with E-state index in [1.54, 1.807) is 0 Å². The minimum Gasteiger partial charge on any atom is -0.465 e. The average Bonchev–Trinajstić information content (AvgIpc) is 2.61. The lowest BCUT2D eigenvalue weighted by Gasteiger charge is -2.21. The molecule has 1 unspecified atom stereocenters. The van der Waals surface area contributed by atoms with Crippen LogP contribution in [0.25, 0.3) is 0 Å². The van der Waals surface area contributed by atoms with E-state index in [1.807, 2.05) is 20.8 Å². The zero-order valence-corrected chi connectivity index (χ0v) is 11.7. The van der Waals surface area contributed by atoms with Crippen LogP contribution in [0.3, 0.4) is 0 Å². The van der Waals surface area contributed by atoms with Gasteiger partial charge in [-0.25, -0.2) is 9.59 Å². The van der Waals surface area contributed by atoms with E-state index in [2.05, 4.69) is 15.5 Å². The molecule has 1 saturated heterocycles. The van der Waals surface area contributed by atoms with Gasteiger partial charge in [0.05, 0.1) is 0 Å². The zero-order chi connectivity index (χ0) is 14.5. The number of alkyl carbamates (subject to hydrolysis) is 1. The van der Waals surface area contributed by atoms with Gasteiger partial charge in [-0.1, -0.05) is 0 Å². The van der Waals surface area contributed by atoms with Crippen LogP contribution < -0.4 is 10.6 Å². The number of rotatable bonds is 4. The predicted octanol–water partition coefficient (Wildman–Crippen LogP) is 0.853. The highest BCUT2D eigenvalue weighted by atomic mass is 16.6. The van der Waals surface area contributed by atoms with Gasteiger partial charge in [0.25, 0.3) is 0 Å². The Morgan fingerprint density at radius 3 is 2.68 bits per heavy atom. The van der Waals surface area contributed by atoms with Crippen LogP contribution in [-0.4, -0.2) is 60.0 Å². The maximum atomic E-state index is 11.4. The molecule has 1 aliphatic rings. The first kappa shape index (κ1) is 15.6. The fourth-order valence-corrected chi connectivity index (χ4v) is 1.96. The Morgan fingerprint density at radius 2 is 2.11 bits per heavy atom. The van der Waals surface area contributed by atoms with Gasteiger partial charge in [0.1, 0.15) is 5.60 Å². The fraction of sp³-hybridized carbons (Fsp3) is 0.833. The summed E-state index contributed by atoms with van der Waals surface area (Å²) in [5.41, 5.74) is -0.492. The van der Waals surface area contributed by atoms with Crippen LogP contribution in [-0.2, 0) is 4.74 Å². The van der Waals surface area contributed by atoms with Gasteiger partial charge in [0, 0.05) is 32.2 Å². The molecule has 1 heterocycles. The zero-order valence-electron chi connectivity index (χ0n) is 11.7. The van der Waals surface area contributed by atoms with Gasteiger partial charge in [-0.3, -0.25) is 4.90 Å². The third-order valence-corrected chi connectivity index (χ3v) is 2.70. The first-order chi connectivity index (χ1) is 8.76. The van der Waals surface area contributed by atoms with Crippen LogP contribution in [0.4, 0.5) is 9.59 Å². The van der Waals surface area contributed by atoms with Crippen molar-refractivity contribution in [2.24, 2.45) is 0 Å². The monoisotopic (exact) mass is 273 g/mol. The van der Waals surface area contributed by atoms with Crippen molar-refractivity contribution in [1.82, 2.24) is 15.5 Å². The van der Waals surface area contributed by atoms with Crippen molar-refractivity contribution >= 4 is 12.2 Å². The number of likely N-dealkylation sites (tertiary alicyclic amines) is 1. The predicted molar refractivity (Wildman–Crippen MR) is 70.2 cm³/mol. The quantitative estimate of drug-likeness (QED) is 0.706. The molecule has 0 aromatic carbocycles. The topological polar surface area (TPSA) is 90.9 Å². The molecule has 110 valence electrons. The highest BCUT2D eigenvalue weighted by Gasteiger charge is 2.23. The molecule has 7 heteroatoms. The summed E-state index contributed by atoms with van der Waals surface area (Å²) >= 11 is 0. The van der Waals surface area contributed by atoms with Crippen molar-refractivity contribution in [1.29, 1.82) is 0 Å². The van der Waals surface area contributed by atoms with Crippen molar-refractivity contribution in [2.75, 3.05) is 26.2 Å². The summed E-state index contributed by atoms with van der Waals surface area (Å²) in [5.74, 6) is 0. The maximum Gasteiger partial charge on any atom is 0.407 e. The summed E-state index contributed by atoms with van der Waals surface area (Å²) in [5, 5.41) is 13.8. The number of carbonyl (C=O) groups is 2. The van der Waals surface area contributed by atoms with Gasteiger partial charge in [0.2, 0.25) is 0 Å². The van der Waals surface area contributed by atoms with E-state index in [4.69, 9.17) is 9.84 Å². The molecule has 7 nitrogen and oxygen atoms in total. The first-order valence-corrected chi connectivity index (χ1v) is 6.45. The number of nitrogens with zero attached hydrogens (tertiary/aromatic N) is 1. The number of nitrogens with one attached hydrogen (secondary N) is 2. The number of carbonyl (C=O) groups excluding carboxylic acids is 1. The molecule has 0 bridgehead atoms. The van der Waals surface area contributed by atoms with E-state index in [1.165, 1.54) is 0 Å². The van der Waals surface area contributed by atoms with Crippen LogP contribution in [0.1, 0.15) is 27.2 Å². The second kappa shape index (κ2) is 6.60. The SMILES string of the molecule is CC(C)(C)OC(=O)NCCN1CCC(NC(=O)O)C1. The molecule has 3 N–H and O–H groups in total. The molecule has 0 radical (unpaired) electrons. The minimum atomic E-state index is -0.987. The molecule has 1 aliphatic heterocycles. The third-order valence-electron chi connectivity index (χ3n) is 2.70. The molecular formula is C12H23N3O4. The molecule has 0 aromatic rings. The summed E-state index contributed by atoms with van der Waals surface area (Å²) in [4.78, 5) is 24.0. The Kier molecular flexibility index (Phi) is 5.41. The largest absolute Gasteiger partial charge is 0.465 e. The minimum absolute atomic E-state index is 0.0148. The van der Waals surface area contributed by atoms with E-state index in [0.29, 0.717) is 19.6 Å². The lowest BCUT2D eigenvalue weighted by Crippen LogP contribution is -2.39. The lowest BCUT2D eigenvalue weighted by atomic mass is 10.2. The van der Waals surface area contributed by atoms with Gasteiger partial charge >= 0.3 is 12.2 Å². The van der Waals surface area contributed by atoms with Gasteiger partial charge in [-0.2, -0.15) is 0 Å². The highest BCUT2D eigenvalue weighted by Crippen LogP contribution is 2.08. The van der Waals surface area contributed by atoms with Crippen LogP contribution in [0.15, 0.2) is 0 Å². The number of hydrogen-bond acceptors (Lipinski definition) is 4. The maximum absolute atomic E-state index is 11.4. The molecule has 2 amide bonds. The Balaban J connectivity index is 2.14. The van der Waals surface area contributed by atoms with Crippen LogP contribution in [0.2, 0.25) is 0 Å². The van der Waals surface area contributed by atoms with Gasteiger partial charge in [-0.05, 0) is 27.2 Å². The van der Waals surface area contributed by atoms with Crippen molar-refractivity contribution in [3.8, 4) is 0 Å². The van der Waals surface area contributed by atoms with E-state index >= 15 is 0 Å². The van der Waals surface area contributed by atoms with Crippen molar-refractivity contribution in [3.63, 3.8) is 0 Å². The second-order valence-electron chi connectivity index (χ2n) is 5.66. The lowest BCUT2D eigenvalue weighted by molar-refractivity contribution is 0.0523. The van der Waals surface area contributed by atoms with Gasteiger partial charge in [0.15, 0.2) is 0 Å².